The first-order valence-corrected chi connectivity index (χ1v) is 10.1. The molecular weight excluding hydrogens is 332 g/mol. The molecule has 0 radical (unpaired) electrons. The van der Waals surface area contributed by atoms with E-state index >= 15 is 0 Å². The highest BCUT2D eigenvalue weighted by Crippen LogP contribution is 2.36. The topological polar surface area (TPSA) is 69.6 Å². The summed E-state index contributed by atoms with van der Waals surface area (Å²) in [6.45, 7) is 0. The SMILES string of the molecule is COC1=CC=CC(C(CC(O)C2CCCCC2)c2csc(N)[nH+]2)C=C1. The van der Waals surface area contributed by atoms with E-state index in [0.29, 0.717) is 11.0 Å². The minimum absolute atomic E-state index is 0.183. The van der Waals surface area contributed by atoms with Gasteiger partial charge in [-0.15, -0.1) is 0 Å². The van der Waals surface area contributed by atoms with E-state index in [1.165, 1.54) is 30.6 Å². The first kappa shape index (κ1) is 18.2. The highest BCUT2D eigenvalue weighted by atomic mass is 32.1. The second-order valence-electron chi connectivity index (χ2n) is 7.08. The molecule has 1 aromatic rings. The molecule has 1 saturated carbocycles. The molecule has 4 nitrogen and oxygen atoms in total. The van der Waals surface area contributed by atoms with Crippen LogP contribution in [0.4, 0.5) is 5.13 Å². The van der Waals surface area contributed by atoms with Crippen molar-refractivity contribution < 1.29 is 14.8 Å². The second kappa shape index (κ2) is 8.68. The zero-order chi connectivity index (χ0) is 17.6. The Balaban J connectivity index is 1.78. The van der Waals surface area contributed by atoms with Gasteiger partial charge in [0, 0.05) is 17.2 Å². The molecule has 0 aliphatic heterocycles. The van der Waals surface area contributed by atoms with Crippen LogP contribution in [-0.4, -0.2) is 18.3 Å². The number of hydrogen-bond donors (Lipinski definition) is 2. The maximum absolute atomic E-state index is 10.9. The first-order valence-electron chi connectivity index (χ1n) is 9.22. The fourth-order valence-electron chi connectivity index (χ4n) is 3.98. The summed E-state index contributed by atoms with van der Waals surface area (Å²) in [5.74, 6) is 1.66. The first-order chi connectivity index (χ1) is 12.2. The van der Waals surface area contributed by atoms with Crippen LogP contribution in [0.3, 0.4) is 0 Å². The van der Waals surface area contributed by atoms with E-state index in [1.54, 1.807) is 7.11 Å². The molecule has 3 rings (SSSR count). The molecule has 25 heavy (non-hydrogen) atoms. The summed E-state index contributed by atoms with van der Waals surface area (Å²) >= 11 is 1.52. The van der Waals surface area contributed by atoms with Crippen LogP contribution in [0.25, 0.3) is 0 Å². The van der Waals surface area contributed by atoms with Gasteiger partial charge in [0.2, 0.25) is 0 Å². The van der Waals surface area contributed by atoms with E-state index in [-0.39, 0.29) is 17.9 Å². The standard InChI is InChI=1S/C20H28N2O2S/c1-24-16-9-5-8-14(10-11-16)17(18-13-25-20(21)22-18)12-19(23)15-6-3-2-4-7-15/h5,8-11,13-15,17,19,23H,2-4,6-7,12H2,1H3,(H2,21,22)/p+1. The Morgan fingerprint density at radius 1 is 1.32 bits per heavy atom. The van der Waals surface area contributed by atoms with Crippen LogP contribution in [0.2, 0.25) is 0 Å². The molecule has 0 spiro atoms. The zero-order valence-electron chi connectivity index (χ0n) is 14.9. The monoisotopic (exact) mass is 361 g/mol. The van der Waals surface area contributed by atoms with E-state index in [0.717, 1.165) is 30.7 Å². The molecule has 1 fully saturated rings. The summed E-state index contributed by atoms with van der Waals surface area (Å²) in [7, 11) is 1.68. The van der Waals surface area contributed by atoms with Crippen LogP contribution in [-0.2, 0) is 4.74 Å². The predicted octanol–water partition coefficient (Wildman–Crippen LogP) is 3.83. The Kier molecular flexibility index (Phi) is 6.32. The third-order valence-corrected chi connectivity index (χ3v) is 6.17. The predicted molar refractivity (Wildman–Crippen MR) is 102 cm³/mol. The maximum atomic E-state index is 10.9. The number of hydrogen-bond acceptors (Lipinski definition) is 4. The molecule has 1 heterocycles. The van der Waals surface area contributed by atoms with Crippen molar-refractivity contribution >= 4 is 16.5 Å². The van der Waals surface area contributed by atoms with E-state index in [1.807, 2.05) is 18.2 Å². The number of aliphatic hydroxyl groups excluding tert-OH is 1. The highest BCUT2D eigenvalue weighted by Gasteiger charge is 2.31. The third kappa shape index (κ3) is 4.73. The smallest absolute Gasteiger partial charge is 0.329 e. The number of rotatable bonds is 6. The molecule has 0 aromatic carbocycles. The second-order valence-corrected chi connectivity index (χ2v) is 7.99. The normalized spacial score (nSPS) is 23.8. The van der Waals surface area contributed by atoms with Gasteiger partial charge in [-0.3, -0.25) is 5.73 Å². The highest BCUT2D eigenvalue weighted by molar-refractivity contribution is 7.13. The van der Waals surface area contributed by atoms with Crippen molar-refractivity contribution in [2.75, 3.05) is 12.8 Å². The molecule has 1 aromatic heterocycles. The van der Waals surface area contributed by atoms with E-state index < -0.39 is 0 Å². The lowest BCUT2D eigenvalue weighted by Gasteiger charge is -2.30. The summed E-state index contributed by atoms with van der Waals surface area (Å²) in [6.07, 6.45) is 16.9. The summed E-state index contributed by atoms with van der Waals surface area (Å²) in [4.78, 5) is 3.30. The van der Waals surface area contributed by atoms with Gasteiger partial charge in [-0.05, 0) is 37.3 Å². The number of aromatic amines is 1. The molecular formula is C20H29N2O2S+. The Morgan fingerprint density at radius 2 is 2.12 bits per heavy atom. The van der Waals surface area contributed by atoms with Gasteiger partial charge in [0.25, 0.3) is 0 Å². The van der Waals surface area contributed by atoms with Gasteiger partial charge in [0.1, 0.15) is 11.5 Å². The number of nitrogen functional groups attached to an aromatic ring is 1. The molecule has 3 atom stereocenters. The quantitative estimate of drug-likeness (QED) is 0.809. The van der Waals surface area contributed by atoms with Gasteiger partial charge in [0.15, 0.2) is 0 Å². The molecule has 0 amide bonds. The Morgan fingerprint density at radius 3 is 2.80 bits per heavy atom. The number of aromatic nitrogens is 1. The van der Waals surface area contributed by atoms with Crippen molar-refractivity contribution in [3.05, 3.63) is 47.2 Å². The molecule has 0 bridgehead atoms. The molecule has 136 valence electrons. The number of nitrogens with two attached hydrogens (primary N) is 1. The lowest BCUT2D eigenvalue weighted by Crippen LogP contribution is -2.29. The number of thiazole rings is 1. The average Bonchev–Trinajstić information content (AvgIpc) is 2.93. The van der Waals surface area contributed by atoms with Crippen LogP contribution in [0.15, 0.2) is 41.5 Å². The van der Waals surface area contributed by atoms with Crippen LogP contribution in [0.5, 0.6) is 0 Å². The van der Waals surface area contributed by atoms with Gasteiger partial charge >= 0.3 is 5.13 Å². The number of ether oxygens (including phenoxy) is 1. The van der Waals surface area contributed by atoms with E-state index in [2.05, 4.69) is 22.5 Å². The summed E-state index contributed by atoms with van der Waals surface area (Å²) in [6, 6.07) is 0. The summed E-state index contributed by atoms with van der Waals surface area (Å²) < 4.78 is 5.33. The molecule has 5 heteroatoms. The number of methoxy groups -OCH3 is 1. The van der Waals surface area contributed by atoms with Crippen molar-refractivity contribution in [2.45, 2.75) is 50.5 Å². The van der Waals surface area contributed by atoms with Crippen LogP contribution >= 0.6 is 11.3 Å². The molecule has 2 aliphatic rings. The van der Waals surface area contributed by atoms with Gasteiger partial charge < -0.3 is 9.84 Å². The lowest BCUT2D eigenvalue weighted by molar-refractivity contribution is -0.370. The van der Waals surface area contributed by atoms with Gasteiger partial charge in [-0.25, -0.2) is 4.98 Å². The number of H-pyrrole nitrogens is 1. The number of nitrogens with one attached hydrogen (secondary N) is 1. The zero-order valence-corrected chi connectivity index (χ0v) is 15.7. The lowest BCUT2D eigenvalue weighted by atomic mass is 9.78. The Bertz CT molecular complexity index is 644. The molecule has 2 aliphatic carbocycles. The number of aliphatic hydroxyl groups is 1. The average molecular weight is 362 g/mol. The minimum Gasteiger partial charge on any atom is -0.497 e. The van der Waals surface area contributed by atoms with Crippen molar-refractivity contribution in [1.29, 1.82) is 0 Å². The minimum atomic E-state index is -0.264. The van der Waals surface area contributed by atoms with Crippen molar-refractivity contribution in [3.63, 3.8) is 0 Å². The van der Waals surface area contributed by atoms with Crippen LogP contribution < -0.4 is 10.7 Å². The van der Waals surface area contributed by atoms with Gasteiger partial charge in [-0.2, -0.15) is 0 Å². The largest absolute Gasteiger partial charge is 0.497 e. The van der Waals surface area contributed by atoms with E-state index in [9.17, 15) is 5.11 Å². The fraction of sp³-hybridized carbons (Fsp3) is 0.550. The van der Waals surface area contributed by atoms with Crippen LogP contribution in [0, 0.1) is 11.8 Å². The van der Waals surface area contributed by atoms with Gasteiger partial charge in [-0.1, -0.05) is 48.8 Å². The van der Waals surface area contributed by atoms with E-state index in [4.69, 9.17) is 10.5 Å². The molecule has 3 unspecified atom stereocenters. The van der Waals surface area contributed by atoms with Crippen molar-refractivity contribution in [2.24, 2.45) is 11.8 Å². The van der Waals surface area contributed by atoms with Crippen molar-refractivity contribution in [3.8, 4) is 0 Å². The summed E-state index contributed by atoms with van der Waals surface area (Å²) in [5, 5.41) is 13.7. The molecule has 0 saturated heterocycles. The van der Waals surface area contributed by atoms with Crippen LogP contribution in [0.1, 0.15) is 50.1 Å². The summed E-state index contributed by atoms with van der Waals surface area (Å²) in [5.41, 5.74) is 7.04. The van der Waals surface area contributed by atoms with Gasteiger partial charge in [0.05, 0.1) is 13.2 Å². The number of allylic oxidation sites excluding steroid dienone is 5. The number of anilines is 1. The molecule has 4 N–H and O–H groups in total. The fourth-order valence-corrected chi connectivity index (χ4v) is 4.64. The third-order valence-electron chi connectivity index (χ3n) is 5.45. The Hall–Kier alpha value is -1.59. The Labute approximate surface area is 154 Å². The maximum Gasteiger partial charge on any atom is 0.329 e. The van der Waals surface area contributed by atoms with Crippen molar-refractivity contribution in [1.82, 2.24) is 0 Å².